The molecule has 0 unspecified atom stereocenters. The van der Waals surface area contributed by atoms with Crippen molar-refractivity contribution in [1.29, 1.82) is 0 Å². The SMILES string of the molecule is Cc1cc(C)nc(N(C)CCCN2CCNCC2)n1. The van der Waals surface area contributed by atoms with Crippen LogP contribution in [-0.4, -0.2) is 61.2 Å². The molecule has 0 bridgehead atoms. The number of piperazine rings is 1. The van der Waals surface area contributed by atoms with Gasteiger partial charge in [0.2, 0.25) is 5.95 Å². The molecule has 1 aliphatic heterocycles. The topological polar surface area (TPSA) is 44.3 Å². The Kier molecular flexibility index (Phi) is 5.10. The van der Waals surface area contributed by atoms with Crippen LogP contribution in [0, 0.1) is 13.8 Å². The van der Waals surface area contributed by atoms with Gasteiger partial charge in [0.05, 0.1) is 0 Å². The molecule has 1 N–H and O–H groups in total. The number of rotatable bonds is 5. The second-order valence-electron chi connectivity index (χ2n) is 5.32. The van der Waals surface area contributed by atoms with E-state index in [1.165, 1.54) is 13.1 Å². The first-order valence-corrected chi connectivity index (χ1v) is 7.11. The second kappa shape index (κ2) is 6.82. The molecule has 1 aromatic rings. The maximum Gasteiger partial charge on any atom is 0.225 e. The summed E-state index contributed by atoms with van der Waals surface area (Å²) in [7, 11) is 2.08. The Bertz CT molecular complexity index is 381. The third-order valence-electron chi connectivity index (χ3n) is 3.49. The first-order valence-electron chi connectivity index (χ1n) is 7.11. The zero-order valence-corrected chi connectivity index (χ0v) is 12.3. The Morgan fingerprint density at radius 3 is 2.47 bits per heavy atom. The van der Waals surface area contributed by atoms with Gasteiger partial charge in [-0.1, -0.05) is 0 Å². The van der Waals surface area contributed by atoms with Gasteiger partial charge in [0.15, 0.2) is 0 Å². The van der Waals surface area contributed by atoms with E-state index in [1.54, 1.807) is 0 Å². The third-order valence-corrected chi connectivity index (χ3v) is 3.49. The van der Waals surface area contributed by atoms with Gasteiger partial charge in [-0.2, -0.15) is 0 Å². The monoisotopic (exact) mass is 263 g/mol. The molecule has 5 heteroatoms. The first kappa shape index (κ1) is 14.2. The average Bonchev–Trinajstić information content (AvgIpc) is 2.38. The van der Waals surface area contributed by atoms with E-state index in [-0.39, 0.29) is 0 Å². The van der Waals surface area contributed by atoms with E-state index >= 15 is 0 Å². The van der Waals surface area contributed by atoms with Crippen LogP contribution in [0.5, 0.6) is 0 Å². The molecular formula is C14H25N5. The minimum absolute atomic E-state index is 0.845. The number of nitrogens with zero attached hydrogens (tertiary/aromatic N) is 4. The van der Waals surface area contributed by atoms with Crippen LogP contribution in [0.2, 0.25) is 0 Å². The number of aromatic nitrogens is 2. The van der Waals surface area contributed by atoms with E-state index in [2.05, 4.69) is 32.1 Å². The molecule has 2 heterocycles. The van der Waals surface area contributed by atoms with E-state index in [4.69, 9.17) is 0 Å². The minimum atomic E-state index is 0.845. The van der Waals surface area contributed by atoms with Crippen LogP contribution in [0.15, 0.2) is 6.07 Å². The van der Waals surface area contributed by atoms with Crippen molar-refractivity contribution < 1.29 is 0 Å². The van der Waals surface area contributed by atoms with Crippen molar-refractivity contribution in [3.63, 3.8) is 0 Å². The van der Waals surface area contributed by atoms with Gasteiger partial charge < -0.3 is 15.1 Å². The summed E-state index contributed by atoms with van der Waals surface area (Å²) < 4.78 is 0. The molecule has 0 saturated carbocycles. The highest BCUT2D eigenvalue weighted by Crippen LogP contribution is 2.08. The van der Waals surface area contributed by atoms with Crippen LogP contribution in [0.1, 0.15) is 17.8 Å². The molecule has 106 valence electrons. The van der Waals surface area contributed by atoms with E-state index in [0.29, 0.717) is 0 Å². The van der Waals surface area contributed by atoms with Crippen LogP contribution < -0.4 is 10.2 Å². The number of hydrogen-bond acceptors (Lipinski definition) is 5. The van der Waals surface area contributed by atoms with Gasteiger partial charge in [-0.15, -0.1) is 0 Å². The molecule has 0 amide bonds. The molecule has 0 radical (unpaired) electrons. The lowest BCUT2D eigenvalue weighted by atomic mass is 10.3. The smallest absolute Gasteiger partial charge is 0.225 e. The number of hydrogen-bond donors (Lipinski definition) is 1. The molecule has 5 nitrogen and oxygen atoms in total. The Labute approximate surface area is 116 Å². The lowest BCUT2D eigenvalue weighted by Gasteiger charge is -2.28. The molecule has 1 fully saturated rings. The quantitative estimate of drug-likeness (QED) is 0.852. The molecule has 1 aromatic heterocycles. The Hall–Kier alpha value is -1.20. The van der Waals surface area contributed by atoms with Gasteiger partial charge >= 0.3 is 0 Å². The minimum Gasteiger partial charge on any atom is -0.344 e. The average molecular weight is 263 g/mol. The summed E-state index contributed by atoms with van der Waals surface area (Å²) in [5.74, 6) is 0.845. The van der Waals surface area contributed by atoms with Crippen molar-refractivity contribution in [2.24, 2.45) is 0 Å². The lowest BCUT2D eigenvalue weighted by molar-refractivity contribution is 0.239. The molecule has 0 atom stereocenters. The molecule has 0 aliphatic carbocycles. The summed E-state index contributed by atoms with van der Waals surface area (Å²) in [6, 6.07) is 2.01. The van der Waals surface area contributed by atoms with Crippen LogP contribution in [0.4, 0.5) is 5.95 Å². The van der Waals surface area contributed by atoms with Crippen molar-refractivity contribution in [1.82, 2.24) is 20.2 Å². The molecule has 1 aliphatic rings. The van der Waals surface area contributed by atoms with Gasteiger partial charge in [0, 0.05) is 51.2 Å². The van der Waals surface area contributed by atoms with E-state index in [0.717, 1.165) is 49.9 Å². The number of aryl methyl sites for hydroxylation is 2. The second-order valence-corrected chi connectivity index (χ2v) is 5.32. The highest BCUT2D eigenvalue weighted by atomic mass is 15.2. The highest BCUT2D eigenvalue weighted by Gasteiger charge is 2.10. The van der Waals surface area contributed by atoms with Gasteiger partial charge in [-0.05, 0) is 32.9 Å². The maximum absolute atomic E-state index is 4.49. The molecule has 1 saturated heterocycles. The zero-order chi connectivity index (χ0) is 13.7. The fraction of sp³-hybridized carbons (Fsp3) is 0.714. The van der Waals surface area contributed by atoms with E-state index in [9.17, 15) is 0 Å². The van der Waals surface area contributed by atoms with Gasteiger partial charge in [0.25, 0.3) is 0 Å². The Morgan fingerprint density at radius 2 is 1.84 bits per heavy atom. The number of anilines is 1. The first-order chi connectivity index (χ1) is 9.15. The van der Waals surface area contributed by atoms with Gasteiger partial charge in [-0.25, -0.2) is 9.97 Å². The molecule has 0 aromatic carbocycles. The third kappa shape index (κ3) is 4.44. The fourth-order valence-corrected chi connectivity index (χ4v) is 2.44. The van der Waals surface area contributed by atoms with E-state index in [1.807, 2.05) is 19.9 Å². The van der Waals surface area contributed by atoms with Crippen molar-refractivity contribution >= 4 is 5.95 Å². The molecule has 0 spiro atoms. The standard InChI is InChI=1S/C14H25N5/c1-12-11-13(2)17-14(16-12)18(3)7-4-8-19-9-5-15-6-10-19/h11,15H,4-10H2,1-3H3. The van der Waals surface area contributed by atoms with Crippen molar-refractivity contribution in [2.75, 3.05) is 51.2 Å². The summed E-state index contributed by atoms with van der Waals surface area (Å²) in [6.07, 6.45) is 1.16. The molecular weight excluding hydrogens is 238 g/mol. The zero-order valence-electron chi connectivity index (χ0n) is 12.3. The lowest BCUT2D eigenvalue weighted by Crippen LogP contribution is -2.44. The Morgan fingerprint density at radius 1 is 1.21 bits per heavy atom. The summed E-state index contributed by atoms with van der Waals surface area (Å²) in [6.45, 7) is 10.8. The number of nitrogens with one attached hydrogen (secondary N) is 1. The summed E-state index contributed by atoms with van der Waals surface area (Å²) >= 11 is 0. The summed E-state index contributed by atoms with van der Waals surface area (Å²) in [5.41, 5.74) is 2.08. The van der Waals surface area contributed by atoms with Crippen LogP contribution in [-0.2, 0) is 0 Å². The van der Waals surface area contributed by atoms with Crippen LogP contribution >= 0.6 is 0 Å². The van der Waals surface area contributed by atoms with Crippen molar-refractivity contribution in [3.8, 4) is 0 Å². The molecule has 2 rings (SSSR count). The van der Waals surface area contributed by atoms with Gasteiger partial charge in [-0.3, -0.25) is 0 Å². The van der Waals surface area contributed by atoms with Gasteiger partial charge in [0.1, 0.15) is 0 Å². The summed E-state index contributed by atoms with van der Waals surface area (Å²) in [5, 5.41) is 3.38. The van der Waals surface area contributed by atoms with Crippen LogP contribution in [0.3, 0.4) is 0 Å². The summed E-state index contributed by atoms with van der Waals surface area (Å²) in [4.78, 5) is 13.7. The largest absolute Gasteiger partial charge is 0.344 e. The highest BCUT2D eigenvalue weighted by molar-refractivity contribution is 5.30. The maximum atomic E-state index is 4.49. The predicted molar refractivity (Wildman–Crippen MR) is 78.7 cm³/mol. The van der Waals surface area contributed by atoms with E-state index < -0.39 is 0 Å². The fourth-order valence-electron chi connectivity index (χ4n) is 2.44. The Balaban J connectivity index is 1.78. The van der Waals surface area contributed by atoms with Crippen molar-refractivity contribution in [3.05, 3.63) is 17.5 Å². The predicted octanol–water partition coefficient (Wildman–Crippen LogP) is 0.825. The van der Waals surface area contributed by atoms with Crippen LogP contribution in [0.25, 0.3) is 0 Å². The molecule has 19 heavy (non-hydrogen) atoms. The normalized spacial score (nSPS) is 16.6. The van der Waals surface area contributed by atoms with Crippen molar-refractivity contribution in [2.45, 2.75) is 20.3 Å².